The quantitative estimate of drug-likeness (QED) is 0.558. The van der Waals surface area contributed by atoms with Crippen molar-refractivity contribution in [3.05, 3.63) is 48.5 Å². The highest BCUT2D eigenvalue weighted by Gasteiger charge is 2.22. The molecule has 8 heteroatoms. The van der Waals surface area contributed by atoms with E-state index in [0.29, 0.717) is 11.5 Å². The Bertz CT molecular complexity index is 1200. The molecule has 1 fully saturated rings. The van der Waals surface area contributed by atoms with Gasteiger partial charge in [-0.05, 0) is 30.3 Å². The predicted octanol–water partition coefficient (Wildman–Crippen LogP) is 3.59. The summed E-state index contributed by atoms with van der Waals surface area (Å²) in [4.78, 5) is 17.1. The van der Waals surface area contributed by atoms with Crippen molar-refractivity contribution in [2.75, 3.05) is 50.2 Å². The van der Waals surface area contributed by atoms with Crippen molar-refractivity contribution in [3.63, 3.8) is 0 Å². The maximum atomic E-state index is 13.2. The summed E-state index contributed by atoms with van der Waals surface area (Å²) in [7, 11) is 3.25. The van der Waals surface area contributed by atoms with Crippen LogP contribution in [0, 0.1) is 5.82 Å². The monoisotopic (exact) mass is 407 g/mol. The van der Waals surface area contributed by atoms with Gasteiger partial charge in [0, 0.05) is 43.3 Å². The van der Waals surface area contributed by atoms with Gasteiger partial charge in [-0.3, -0.25) is 0 Å². The number of anilines is 2. The summed E-state index contributed by atoms with van der Waals surface area (Å²) in [5.41, 5.74) is 3.72. The number of methoxy groups -OCH3 is 2. The van der Waals surface area contributed by atoms with Crippen molar-refractivity contribution in [2.24, 2.45) is 0 Å². The third-order valence-corrected chi connectivity index (χ3v) is 5.64. The van der Waals surface area contributed by atoms with Crippen LogP contribution in [0.5, 0.6) is 11.5 Å². The molecular formula is C22H22FN5O2. The molecule has 1 aliphatic heterocycles. The molecule has 1 N–H and O–H groups in total. The van der Waals surface area contributed by atoms with Gasteiger partial charge in [-0.25, -0.2) is 14.4 Å². The minimum atomic E-state index is -0.215. The molecule has 0 atom stereocenters. The molecule has 0 amide bonds. The first-order valence-corrected chi connectivity index (χ1v) is 9.82. The molecule has 2 aromatic carbocycles. The van der Waals surface area contributed by atoms with E-state index in [-0.39, 0.29) is 5.82 Å². The number of halogens is 1. The van der Waals surface area contributed by atoms with E-state index >= 15 is 0 Å². The molecule has 30 heavy (non-hydrogen) atoms. The zero-order valence-corrected chi connectivity index (χ0v) is 16.9. The van der Waals surface area contributed by atoms with Crippen LogP contribution < -0.4 is 19.3 Å². The number of hydrogen-bond donors (Lipinski definition) is 1. The Morgan fingerprint density at radius 1 is 0.900 bits per heavy atom. The van der Waals surface area contributed by atoms with Crippen molar-refractivity contribution in [2.45, 2.75) is 0 Å². The smallest absolute Gasteiger partial charge is 0.162 e. The van der Waals surface area contributed by atoms with Gasteiger partial charge in [-0.2, -0.15) is 0 Å². The van der Waals surface area contributed by atoms with Crippen molar-refractivity contribution in [1.29, 1.82) is 0 Å². The first kappa shape index (κ1) is 18.5. The van der Waals surface area contributed by atoms with Crippen molar-refractivity contribution < 1.29 is 13.9 Å². The number of H-pyrrole nitrogens is 1. The Labute approximate surface area is 173 Å². The van der Waals surface area contributed by atoms with Gasteiger partial charge >= 0.3 is 0 Å². The van der Waals surface area contributed by atoms with E-state index in [1.54, 1.807) is 20.5 Å². The highest BCUT2D eigenvalue weighted by Crippen LogP contribution is 2.37. The van der Waals surface area contributed by atoms with E-state index in [0.717, 1.165) is 59.6 Å². The standard InChI is InChI=1S/C22H22FN5O2/c1-29-18-11-16-17(12-19(18)30-2)26-21-20(16)24-13-25-22(21)28-9-7-27(8-10-28)15-5-3-14(23)4-6-15/h3-6,11-13,26H,7-10H2,1-2H3. The summed E-state index contributed by atoms with van der Waals surface area (Å²) in [6.45, 7) is 3.29. The van der Waals surface area contributed by atoms with Crippen LogP contribution in [0.2, 0.25) is 0 Å². The molecule has 0 radical (unpaired) electrons. The molecule has 2 aromatic heterocycles. The molecule has 1 saturated heterocycles. The zero-order chi connectivity index (χ0) is 20.7. The Hall–Kier alpha value is -3.55. The molecule has 0 spiro atoms. The van der Waals surface area contributed by atoms with Crippen LogP contribution in [0.15, 0.2) is 42.7 Å². The molecule has 3 heterocycles. The van der Waals surface area contributed by atoms with Crippen LogP contribution in [-0.4, -0.2) is 55.4 Å². The summed E-state index contributed by atoms with van der Waals surface area (Å²) in [6, 6.07) is 10.5. The van der Waals surface area contributed by atoms with Gasteiger partial charge in [-0.1, -0.05) is 0 Å². The van der Waals surface area contributed by atoms with Crippen LogP contribution in [0.25, 0.3) is 21.9 Å². The Balaban J connectivity index is 1.47. The third-order valence-electron chi connectivity index (χ3n) is 5.64. The first-order valence-electron chi connectivity index (χ1n) is 9.82. The van der Waals surface area contributed by atoms with E-state index in [2.05, 4.69) is 24.8 Å². The summed E-state index contributed by atoms with van der Waals surface area (Å²) in [6.07, 6.45) is 1.61. The molecule has 1 aliphatic rings. The van der Waals surface area contributed by atoms with Crippen LogP contribution in [-0.2, 0) is 0 Å². The second kappa shape index (κ2) is 7.37. The lowest BCUT2D eigenvalue weighted by atomic mass is 10.2. The van der Waals surface area contributed by atoms with Crippen molar-refractivity contribution in [1.82, 2.24) is 15.0 Å². The lowest BCUT2D eigenvalue weighted by molar-refractivity contribution is 0.356. The van der Waals surface area contributed by atoms with Crippen LogP contribution in [0.3, 0.4) is 0 Å². The van der Waals surface area contributed by atoms with Crippen molar-refractivity contribution in [3.8, 4) is 11.5 Å². The summed E-state index contributed by atoms with van der Waals surface area (Å²) < 4.78 is 24.1. The molecule has 5 rings (SSSR count). The summed E-state index contributed by atoms with van der Waals surface area (Å²) in [5, 5.41) is 0.969. The van der Waals surface area contributed by atoms with Crippen LogP contribution in [0.1, 0.15) is 0 Å². The minimum absolute atomic E-state index is 0.215. The lowest BCUT2D eigenvalue weighted by Crippen LogP contribution is -2.47. The Kier molecular flexibility index (Phi) is 4.54. The minimum Gasteiger partial charge on any atom is -0.493 e. The number of aromatic amines is 1. The molecule has 4 aromatic rings. The van der Waals surface area contributed by atoms with Gasteiger partial charge in [0.05, 0.1) is 19.7 Å². The van der Waals surface area contributed by atoms with Gasteiger partial charge in [0.2, 0.25) is 0 Å². The molecule has 154 valence electrons. The maximum Gasteiger partial charge on any atom is 0.162 e. The second-order valence-electron chi connectivity index (χ2n) is 7.25. The lowest BCUT2D eigenvalue weighted by Gasteiger charge is -2.36. The van der Waals surface area contributed by atoms with Gasteiger partial charge < -0.3 is 24.3 Å². The van der Waals surface area contributed by atoms with Gasteiger partial charge in [0.25, 0.3) is 0 Å². The van der Waals surface area contributed by atoms with E-state index in [1.165, 1.54) is 12.1 Å². The fourth-order valence-corrected chi connectivity index (χ4v) is 4.08. The van der Waals surface area contributed by atoms with E-state index in [4.69, 9.17) is 9.47 Å². The number of benzene rings is 2. The number of hydrogen-bond acceptors (Lipinski definition) is 6. The van der Waals surface area contributed by atoms with E-state index < -0.39 is 0 Å². The number of rotatable bonds is 4. The number of fused-ring (bicyclic) bond motifs is 3. The zero-order valence-electron chi connectivity index (χ0n) is 16.9. The average molecular weight is 407 g/mol. The Morgan fingerprint density at radius 2 is 1.57 bits per heavy atom. The summed E-state index contributed by atoms with van der Waals surface area (Å²) in [5.74, 6) is 2.00. The first-order chi connectivity index (χ1) is 14.7. The normalized spacial score (nSPS) is 14.5. The van der Waals surface area contributed by atoms with Crippen LogP contribution in [0.4, 0.5) is 15.9 Å². The van der Waals surface area contributed by atoms with Gasteiger partial charge in [0.15, 0.2) is 17.3 Å². The number of ether oxygens (including phenoxy) is 2. The summed E-state index contributed by atoms with van der Waals surface area (Å²) >= 11 is 0. The topological polar surface area (TPSA) is 66.5 Å². The number of piperazine rings is 1. The van der Waals surface area contributed by atoms with Crippen molar-refractivity contribution >= 4 is 33.4 Å². The Morgan fingerprint density at radius 3 is 2.27 bits per heavy atom. The van der Waals surface area contributed by atoms with Crippen LogP contribution >= 0.6 is 0 Å². The molecule has 0 aliphatic carbocycles. The highest BCUT2D eigenvalue weighted by molar-refractivity contribution is 6.09. The fraction of sp³-hybridized carbons (Fsp3) is 0.273. The average Bonchev–Trinajstić information content (AvgIpc) is 3.16. The largest absolute Gasteiger partial charge is 0.493 e. The molecule has 0 bridgehead atoms. The molecule has 0 unspecified atom stereocenters. The van der Waals surface area contributed by atoms with Gasteiger partial charge in [-0.15, -0.1) is 0 Å². The predicted molar refractivity (Wildman–Crippen MR) is 115 cm³/mol. The maximum absolute atomic E-state index is 13.2. The number of nitrogens with one attached hydrogen (secondary N) is 1. The fourth-order valence-electron chi connectivity index (χ4n) is 4.08. The third kappa shape index (κ3) is 3.04. The molecule has 0 saturated carbocycles. The van der Waals surface area contributed by atoms with E-state index in [1.807, 2.05) is 24.3 Å². The molecule has 7 nitrogen and oxygen atoms in total. The second-order valence-corrected chi connectivity index (χ2v) is 7.25. The number of nitrogens with zero attached hydrogens (tertiary/aromatic N) is 4. The number of aromatic nitrogens is 3. The molecular weight excluding hydrogens is 385 g/mol. The van der Waals surface area contributed by atoms with E-state index in [9.17, 15) is 4.39 Å². The highest BCUT2D eigenvalue weighted by atomic mass is 19.1. The SMILES string of the molecule is COc1cc2[nH]c3c(N4CCN(c5ccc(F)cc5)CC4)ncnc3c2cc1OC. The van der Waals surface area contributed by atoms with Gasteiger partial charge in [0.1, 0.15) is 23.2 Å².